The molecule has 0 bridgehead atoms. The number of hydrogen-bond acceptors (Lipinski definition) is 4. The molecule has 0 aliphatic carbocycles. The standard InChI is InChI=1S/C14H21N5/c1-10(2)5-6-11-4-3-7-19(11)14-12-13(16-8-15-12)17-9-18-14/h8-11H,3-7H2,1-2H3,(H,15,16,17,18). The molecule has 2 aromatic rings. The van der Waals surface area contributed by atoms with Gasteiger partial charge in [0.25, 0.3) is 0 Å². The summed E-state index contributed by atoms with van der Waals surface area (Å²) in [4.78, 5) is 18.5. The highest BCUT2D eigenvalue weighted by Crippen LogP contribution is 2.30. The largest absolute Gasteiger partial charge is 0.352 e. The molecule has 1 N–H and O–H groups in total. The van der Waals surface area contributed by atoms with Crippen molar-refractivity contribution in [1.82, 2.24) is 19.9 Å². The van der Waals surface area contributed by atoms with Crippen LogP contribution in [-0.2, 0) is 0 Å². The van der Waals surface area contributed by atoms with Crippen molar-refractivity contribution in [3.8, 4) is 0 Å². The van der Waals surface area contributed by atoms with Gasteiger partial charge in [-0.05, 0) is 31.6 Å². The smallest absolute Gasteiger partial charge is 0.182 e. The first kappa shape index (κ1) is 12.4. The highest BCUT2D eigenvalue weighted by molar-refractivity contribution is 5.82. The molecular weight excluding hydrogens is 238 g/mol. The summed E-state index contributed by atoms with van der Waals surface area (Å²) < 4.78 is 0. The summed E-state index contributed by atoms with van der Waals surface area (Å²) in [5.41, 5.74) is 1.73. The van der Waals surface area contributed by atoms with Crippen LogP contribution in [0.15, 0.2) is 12.7 Å². The molecule has 1 aliphatic heterocycles. The number of aromatic amines is 1. The van der Waals surface area contributed by atoms with E-state index in [0.717, 1.165) is 29.4 Å². The lowest BCUT2D eigenvalue weighted by atomic mass is 10.0. The maximum Gasteiger partial charge on any atom is 0.182 e. The lowest BCUT2D eigenvalue weighted by Crippen LogP contribution is -2.30. The van der Waals surface area contributed by atoms with Crippen LogP contribution >= 0.6 is 0 Å². The predicted octanol–water partition coefficient (Wildman–Crippen LogP) is 2.76. The molecule has 0 radical (unpaired) electrons. The number of aromatic nitrogens is 4. The van der Waals surface area contributed by atoms with Crippen LogP contribution in [0.4, 0.5) is 5.82 Å². The summed E-state index contributed by atoms with van der Waals surface area (Å²) in [5, 5.41) is 0. The van der Waals surface area contributed by atoms with Gasteiger partial charge in [-0.2, -0.15) is 0 Å². The van der Waals surface area contributed by atoms with E-state index in [0.29, 0.717) is 6.04 Å². The Balaban J connectivity index is 1.85. The summed E-state index contributed by atoms with van der Waals surface area (Å²) in [6.07, 6.45) is 8.36. The second kappa shape index (κ2) is 5.15. The van der Waals surface area contributed by atoms with Crippen molar-refractivity contribution in [1.29, 1.82) is 0 Å². The van der Waals surface area contributed by atoms with Gasteiger partial charge in [0.1, 0.15) is 11.8 Å². The van der Waals surface area contributed by atoms with E-state index in [1.165, 1.54) is 25.7 Å². The number of H-pyrrole nitrogens is 1. The average Bonchev–Trinajstić information content (AvgIpc) is 3.04. The van der Waals surface area contributed by atoms with Crippen molar-refractivity contribution < 1.29 is 0 Å². The fraction of sp³-hybridized carbons (Fsp3) is 0.643. The topological polar surface area (TPSA) is 57.7 Å². The maximum atomic E-state index is 4.48. The van der Waals surface area contributed by atoms with Crippen molar-refractivity contribution in [3.05, 3.63) is 12.7 Å². The minimum absolute atomic E-state index is 0.615. The summed E-state index contributed by atoms with van der Waals surface area (Å²) in [6, 6.07) is 0.615. The molecule has 1 fully saturated rings. The van der Waals surface area contributed by atoms with Gasteiger partial charge < -0.3 is 9.88 Å². The van der Waals surface area contributed by atoms with Crippen molar-refractivity contribution >= 4 is 17.0 Å². The molecule has 1 unspecified atom stereocenters. The Morgan fingerprint density at radius 2 is 2.26 bits per heavy atom. The fourth-order valence-electron chi connectivity index (χ4n) is 2.91. The SMILES string of the molecule is CC(C)CCC1CCCN1c1ncnc2nc[nH]c12. The van der Waals surface area contributed by atoms with Gasteiger partial charge in [0.2, 0.25) is 0 Å². The van der Waals surface area contributed by atoms with Crippen LogP contribution in [0.2, 0.25) is 0 Å². The highest BCUT2D eigenvalue weighted by atomic mass is 15.2. The zero-order valence-electron chi connectivity index (χ0n) is 11.6. The number of nitrogens with zero attached hydrogens (tertiary/aromatic N) is 4. The Morgan fingerprint density at radius 3 is 3.11 bits per heavy atom. The first-order valence-electron chi connectivity index (χ1n) is 7.16. The van der Waals surface area contributed by atoms with Crippen molar-refractivity contribution in [3.63, 3.8) is 0 Å². The van der Waals surface area contributed by atoms with E-state index in [9.17, 15) is 0 Å². The normalized spacial score (nSPS) is 19.7. The Labute approximate surface area is 113 Å². The Bertz CT molecular complexity index is 548. The minimum Gasteiger partial charge on any atom is -0.352 e. The average molecular weight is 259 g/mol. The summed E-state index contributed by atoms with van der Waals surface area (Å²) in [6.45, 7) is 5.67. The van der Waals surface area contributed by atoms with E-state index >= 15 is 0 Å². The van der Waals surface area contributed by atoms with Crippen LogP contribution in [0.5, 0.6) is 0 Å². The molecule has 2 aromatic heterocycles. The number of fused-ring (bicyclic) bond motifs is 1. The number of nitrogens with one attached hydrogen (secondary N) is 1. The van der Waals surface area contributed by atoms with Crippen LogP contribution < -0.4 is 4.90 Å². The predicted molar refractivity (Wildman–Crippen MR) is 76.1 cm³/mol. The summed E-state index contributed by atoms with van der Waals surface area (Å²) >= 11 is 0. The van der Waals surface area contributed by atoms with Gasteiger partial charge in [-0.15, -0.1) is 0 Å². The van der Waals surface area contributed by atoms with Crippen molar-refractivity contribution in [2.45, 2.75) is 45.6 Å². The highest BCUT2D eigenvalue weighted by Gasteiger charge is 2.27. The number of rotatable bonds is 4. The lowest BCUT2D eigenvalue weighted by molar-refractivity contribution is 0.494. The van der Waals surface area contributed by atoms with Gasteiger partial charge in [-0.3, -0.25) is 0 Å². The van der Waals surface area contributed by atoms with Crippen LogP contribution in [0, 0.1) is 5.92 Å². The molecule has 5 heteroatoms. The van der Waals surface area contributed by atoms with Crippen LogP contribution in [-0.4, -0.2) is 32.5 Å². The van der Waals surface area contributed by atoms with E-state index in [4.69, 9.17) is 0 Å². The number of hydrogen-bond donors (Lipinski definition) is 1. The molecule has 1 atom stereocenters. The zero-order valence-corrected chi connectivity index (χ0v) is 11.6. The first-order chi connectivity index (χ1) is 9.25. The minimum atomic E-state index is 0.615. The third-order valence-electron chi connectivity index (χ3n) is 3.93. The van der Waals surface area contributed by atoms with Crippen molar-refractivity contribution in [2.24, 2.45) is 5.92 Å². The van der Waals surface area contributed by atoms with Gasteiger partial charge >= 0.3 is 0 Å². The van der Waals surface area contributed by atoms with Crippen LogP contribution in [0.25, 0.3) is 11.2 Å². The number of imidazole rings is 1. The molecule has 19 heavy (non-hydrogen) atoms. The maximum absolute atomic E-state index is 4.48. The Morgan fingerprint density at radius 1 is 1.37 bits per heavy atom. The molecule has 0 amide bonds. The lowest BCUT2D eigenvalue weighted by Gasteiger charge is -2.26. The molecule has 5 nitrogen and oxygen atoms in total. The molecule has 3 rings (SSSR count). The second-order valence-corrected chi connectivity index (χ2v) is 5.76. The van der Waals surface area contributed by atoms with Gasteiger partial charge in [0.15, 0.2) is 11.5 Å². The van der Waals surface area contributed by atoms with E-state index in [-0.39, 0.29) is 0 Å². The van der Waals surface area contributed by atoms with Gasteiger partial charge in [-0.1, -0.05) is 13.8 Å². The van der Waals surface area contributed by atoms with Crippen LogP contribution in [0.1, 0.15) is 39.5 Å². The first-order valence-corrected chi connectivity index (χ1v) is 7.16. The third kappa shape index (κ3) is 2.41. The van der Waals surface area contributed by atoms with E-state index in [1.807, 2.05) is 0 Å². The molecule has 1 aliphatic rings. The zero-order chi connectivity index (χ0) is 13.2. The summed E-state index contributed by atoms with van der Waals surface area (Å²) in [7, 11) is 0. The molecule has 0 spiro atoms. The van der Waals surface area contributed by atoms with E-state index in [1.54, 1.807) is 12.7 Å². The Kier molecular flexibility index (Phi) is 3.36. The quantitative estimate of drug-likeness (QED) is 0.917. The molecule has 0 saturated carbocycles. The van der Waals surface area contributed by atoms with Crippen molar-refractivity contribution in [2.75, 3.05) is 11.4 Å². The molecular formula is C14H21N5. The van der Waals surface area contributed by atoms with Gasteiger partial charge in [-0.25, -0.2) is 15.0 Å². The molecule has 1 saturated heterocycles. The van der Waals surface area contributed by atoms with Crippen LogP contribution in [0.3, 0.4) is 0 Å². The van der Waals surface area contributed by atoms with Gasteiger partial charge in [0, 0.05) is 12.6 Å². The Hall–Kier alpha value is -1.65. The molecule has 102 valence electrons. The monoisotopic (exact) mass is 259 g/mol. The van der Waals surface area contributed by atoms with Gasteiger partial charge in [0.05, 0.1) is 6.33 Å². The molecule has 3 heterocycles. The third-order valence-corrected chi connectivity index (χ3v) is 3.93. The van der Waals surface area contributed by atoms with E-state index < -0.39 is 0 Å². The fourth-order valence-corrected chi connectivity index (χ4v) is 2.91. The van der Waals surface area contributed by atoms with E-state index in [2.05, 4.69) is 38.7 Å². The number of anilines is 1. The second-order valence-electron chi connectivity index (χ2n) is 5.76. The molecule has 0 aromatic carbocycles. The summed E-state index contributed by atoms with van der Waals surface area (Å²) in [5.74, 6) is 1.79.